The Morgan fingerprint density at radius 3 is 2.71 bits per heavy atom. The number of fused-ring (bicyclic) bond motifs is 1. The highest BCUT2D eigenvalue weighted by molar-refractivity contribution is 6.08. The second-order valence-electron chi connectivity index (χ2n) is 2.96. The molecule has 4 nitrogen and oxygen atoms in total. The third kappa shape index (κ3) is 1.19. The van der Waals surface area contributed by atoms with Crippen LogP contribution in [0.1, 0.15) is 15.9 Å². The average Bonchev–Trinajstić information content (AvgIpc) is 2.62. The fraction of sp³-hybridized carbons (Fsp3) is 0.200. The topological polar surface area (TPSA) is 59.3 Å². The van der Waals surface area contributed by atoms with Gasteiger partial charge in [0.2, 0.25) is 6.79 Å². The molecule has 0 fully saturated rings. The molecule has 1 aliphatic rings. The molecule has 70 valence electrons. The van der Waals surface area contributed by atoms with E-state index >= 15 is 0 Å². The number of rotatable bonds is 1. The molecule has 0 spiro atoms. The van der Waals surface area contributed by atoms with E-state index in [-0.39, 0.29) is 6.79 Å². The SMILES string of the molecule is Cc1cc2c(cc1C(=O)C#N)OCO2. The molecule has 1 aromatic carbocycles. The van der Waals surface area contributed by atoms with Crippen LogP contribution in [-0.4, -0.2) is 12.6 Å². The fourth-order valence-electron chi connectivity index (χ4n) is 1.35. The molecule has 0 amide bonds. The van der Waals surface area contributed by atoms with E-state index in [1.54, 1.807) is 25.1 Å². The molecule has 2 rings (SSSR count). The van der Waals surface area contributed by atoms with Crippen LogP contribution in [0, 0.1) is 18.3 Å². The van der Waals surface area contributed by atoms with Crippen LogP contribution in [-0.2, 0) is 0 Å². The molecule has 0 bridgehead atoms. The average molecular weight is 189 g/mol. The molecule has 0 saturated heterocycles. The summed E-state index contributed by atoms with van der Waals surface area (Å²) >= 11 is 0. The van der Waals surface area contributed by atoms with E-state index in [1.165, 1.54) is 0 Å². The Morgan fingerprint density at radius 2 is 2.07 bits per heavy atom. The van der Waals surface area contributed by atoms with Crippen molar-refractivity contribution in [1.82, 2.24) is 0 Å². The van der Waals surface area contributed by atoms with Crippen LogP contribution in [0.4, 0.5) is 0 Å². The molecule has 0 saturated carbocycles. The fourth-order valence-corrected chi connectivity index (χ4v) is 1.35. The number of Topliss-reactive ketones (excluding diaryl/α,β-unsaturated/α-hetero) is 1. The Bertz CT molecular complexity index is 445. The van der Waals surface area contributed by atoms with Crippen molar-refractivity contribution in [3.8, 4) is 17.6 Å². The second kappa shape index (κ2) is 3.04. The number of ketones is 1. The Balaban J connectivity index is 2.54. The first kappa shape index (κ1) is 8.57. The number of nitriles is 1. The number of ether oxygens (including phenoxy) is 2. The van der Waals surface area contributed by atoms with Gasteiger partial charge in [-0.15, -0.1) is 0 Å². The van der Waals surface area contributed by atoms with Crippen LogP contribution in [0.15, 0.2) is 12.1 Å². The van der Waals surface area contributed by atoms with E-state index in [2.05, 4.69) is 0 Å². The van der Waals surface area contributed by atoms with Gasteiger partial charge in [0.1, 0.15) is 6.07 Å². The number of benzene rings is 1. The van der Waals surface area contributed by atoms with Crippen LogP contribution in [0.25, 0.3) is 0 Å². The molecule has 0 aliphatic carbocycles. The Kier molecular flexibility index (Phi) is 1.86. The number of hydrogen-bond acceptors (Lipinski definition) is 4. The van der Waals surface area contributed by atoms with Crippen molar-refractivity contribution in [3.63, 3.8) is 0 Å². The standard InChI is InChI=1S/C10H7NO3/c1-6-2-9-10(14-5-13-9)3-7(6)8(12)4-11/h2-3H,5H2,1H3. The van der Waals surface area contributed by atoms with Gasteiger partial charge in [-0.2, -0.15) is 5.26 Å². The minimum Gasteiger partial charge on any atom is -0.454 e. The van der Waals surface area contributed by atoms with Crippen molar-refractivity contribution in [2.24, 2.45) is 0 Å². The lowest BCUT2D eigenvalue weighted by Crippen LogP contribution is -1.97. The minimum atomic E-state index is -0.555. The van der Waals surface area contributed by atoms with Gasteiger partial charge in [-0.3, -0.25) is 4.79 Å². The van der Waals surface area contributed by atoms with Crippen molar-refractivity contribution in [2.75, 3.05) is 6.79 Å². The van der Waals surface area contributed by atoms with E-state index in [1.807, 2.05) is 0 Å². The van der Waals surface area contributed by atoms with Gasteiger partial charge in [-0.05, 0) is 24.6 Å². The number of aryl methyl sites for hydroxylation is 1. The molecular weight excluding hydrogens is 182 g/mol. The van der Waals surface area contributed by atoms with Gasteiger partial charge in [0, 0.05) is 5.56 Å². The molecule has 0 aromatic heterocycles. The van der Waals surface area contributed by atoms with Gasteiger partial charge >= 0.3 is 0 Å². The zero-order chi connectivity index (χ0) is 10.1. The van der Waals surface area contributed by atoms with Crippen LogP contribution < -0.4 is 9.47 Å². The van der Waals surface area contributed by atoms with Gasteiger partial charge in [0.05, 0.1) is 0 Å². The Hall–Kier alpha value is -2.02. The van der Waals surface area contributed by atoms with Crippen molar-refractivity contribution in [2.45, 2.75) is 6.92 Å². The molecule has 0 atom stereocenters. The van der Waals surface area contributed by atoms with Gasteiger partial charge in [0.25, 0.3) is 5.78 Å². The van der Waals surface area contributed by atoms with Gasteiger partial charge < -0.3 is 9.47 Å². The first-order chi connectivity index (χ1) is 6.72. The molecule has 4 heteroatoms. The maximum Gasteiger partial charge on any atom is 0.262 e. The zero-order valence-corrected chi connectivity index (χ0v) is 7.53. The number of hydrogen-bond donors (Lipinski definition) is 0. The smallest absolute Gasteiger partial charge is 0.262 e. The first-order valence-electron chi connectivity index (χ1n) is 4.07. The van der Waals surface area contributed by atoms with Crippen LogP contribution >= 0.6 is 0 Å². The van der Waals surface area contributed by atoms with Gasteiger partial charge in [-0.1, -0.05) is 0 Å². The van der Waals surface area contributed by atoms with Crippen LogP contribution in [0.2, 0.25) is 0 Å². The molecule has 0 unspecified atom stereocenters. The summed E-state index contributed by atoms with van der Waals surface area (Å²) in [5.41, 5.74) is 1.09. The van der Waals surface area contributed by atoms with Crippen molar-refractivity contribution in [1.29, 1.82) is 5.26 Å². The Labute approximate surface area is 80.7 Å². The summed E-state index contributed by atoms with van der Waals surface area (Å²) in [4.78, 5) is 11.2. The summed E-state index contributed by atoms with van der Waals surface area (Å²) in [5.74, 6) is 0.590. The number of nitrogens with zero attached hydrogens (tertiary/aromatic N) is 1. The quantitative estimate of drug-likeness (QED) is 0.495. The lowest BCUT2D eigenvalue weighted by molar-refractivity contribution is 0.105. The van der Waals surface area contributed by atoms with Crippen molar-refractivity contribution >= 4 is 5.78 Å². The van der Waals surface area contributed by atoms with E-state index in [4.69, 9.17) is 14.7 Å². The molecule has 1 aromatic rings. The third-order valence-electron chi connectivity index (χ3n) is 2.07. The van der Waals surface area contributed by atoms with Crippen molar-refractivity contribution in [3.05, 3.63) is 23.3 Å². The summed E-state index contributed by atoms with van der Waals surface area (Å²) in [6, 6.07) is 4.82. The third-order valence-corrected chi connectivity index (χ3v) is 2.07. The summed E-state index contributed by atoms with van der Waals surface area (Å²) in [5, 5.41) is 8.49. The second-order valence-corrected chi connectivity index (χ2v) is 2.96. The maximum atomic E-state index is 11.2. The minimum absolute atomic E-state index is 0.166. The van der Waals surface area contributed by atoms with E-state index in [0.717, 1.165) is 5.56 Å². The van der Waals surface area contributed by atoms with Crippen LogP contribution in [0.3, 0.4) is 0 Å². The normalized spacial score (nSPS) is 12.3. The molecule has 0 N–H and O–H groups in total. The van der Waals surface area contributed by atoms with Crippen molar-refractivity contribution < 1.29 is 14.3 Å². The predicted molar refractivity (Wildman–Crippen MR) is 47.2 cm³/mol. The highest BCUT2D eigenvalue weighted by atomic mass is 16.7. The number of carbonyl (C=O) groups excluding carboxylic acids is 1. The van der Waals surface area contributed by atoms with E-state index < -0.39 is 5.78 Å². The van der Waals surface area contributed by atoms with E-state index in [0.29, 0.717) is 17.1 Å². The monoisotopic (exact) mass is 189 g/mol. The largest absolute Gasteiger partial charge is 0.454 e. The molecular formula is C10H7NO3. The van der Waals surface area contributed by atoms with Gasteiger partial charge in [-0.25, -0.2) is 0 Å². The summed E-state index contributed by atoms with van der Waals surface area (Å²) < 4.78 is 10.2. The lowest BCUT2D eigenvalue weighted by Gasteiger charge is -2.02. The van der Waals surface area contributed by atoms with Crippen LogP contribution in [0.5, 0.6) is 11.5 Å². The summed E-state index contributed by atoms with van der Waals surface area (Å²) in [6.45, 7) is 1.92. The predicted octanol–water partition coefficient (Wildman–Crippen LogP) is 1.43. The lowest BCUT2D eigenvalue weighted by atomic mass is 10.0. The highest BCUT2D eigenvalue weighted by Crippen LogP contribution is 2.34. The number of carbonyl (C=O) groups is 1. The summed E-state index contributed by atoms with van der Waals surface area (Å²) in [6.07, 6.45) is 0. The maximum absolute atomic E-state index is 11.2. The van der Waals surface area contributed by atoms with E-state index in [9.17, 15) is 4.79 Å². The highest BCUT2D eigenvalue weighted by Gasteiger charge is 2.18. The molecule has 0 radical (unpaired) electrons. The Morgan fingerprint density at radius 1 is 1.43 bits per heavy atom. The first-order valence-corrected chi connectivity index (χ1v) is 4.07. The zero-order valence-electron chi connectivity index (χ0n) is 7.53. The van der Waals surface area contributed by atoms with Gasteiger partial charge in [0.15, 0.2) is 11.5 Å². The molecule has 1 heterocycles. The molecule has 1 aliphatic heterocycles. The molecule has 14 heavy (non-hydrogen) atoms. The summed E-state index contributed by atoms with van der Waals surface area (Å²) in [7, 11) is 0.